The van der Waals surface area contributed by atoms with Crippen LogP contribution in [0.2, 0.25) is 0 Å². The zero-order valence-electron chi connectivity index (χ0n) is 15.1. The maximum Gasteiger partial charge on any atom is 0.431 e. The molecular weight excluding hydrogens is 381 g/mol. The summed E-state index contributed by atoms with van der Waals surface area (Å²) in [6.07, 6.45) is -3.18. The molecule has 2 aliphatic rings. The molecular formula is C19H18F5N3O. The van der Waals surface area contributed by atoms with Crippen molar-refractivity contribution in [1.29, 1.82) is 0 Å². The number of carbonyl (C=O) groups is 1. The number of rotatable bonds is 2. The third-order valence-corrected chi connectivity index (χ3v) is 5.64. The number of carbonyl (C=O) groups excluding carboxylic acids is 1. The predicted octanol–water partition coefficient (Wildman–Crippen LogP) is 3.67. The molecule has 9 heteroatoms. The molecule has 2 aromatic rings. The van der Waals surface area contributed by atoms with Crippen LogP contribution in [0.5, 0.6) is 0 Å². The Balaban J connectivity index is 2.03. The van der Waals surface area contributed by atoms with Crippen molar-refractivity contribution in [2.75, 3.05) is 20.6 Å². The number of nitrogens with zero attached hydrogens (tertiary/aromatic N) is 2. The standard InChI is InChI=1S/C19H18F5N3O/c1-25-17(28)9-6-11-10-4-3-5-13-15(10)12(7-14(11)26(2)8-9)16(19(22,23)24)27(13)18(20)21/h3-6,9,14,18H,7-8H2,1-2H3,(H,25,28)/t9?,14-/m1/s1. The van der Waals surface area contributed by atoms with Gasteiger partial charge in [0.25, 0.3) is 0 Å². The molecule has 1 N–H and O–H groups in total. The smallest absolute Gasteiger partial charge is 0.359 e. The van der Waals surface area contributed by atoms with Crippen LogP contribution in [0.3, 0.4) is 0 Å². The lowest BCUT2D eigenvalue weighted by Gasteiger charge is -2.39. The Kier molecular flexibility index (Phi) is 4.26. The van der Waals surface area contributed by atoms with Gasteiger partial charge in [-0.05, 0) is 36.2 Å². The number of alkyl halides is 5. The average Bonchev–Trinajstić information content (AvgIpc) is 2.98. The average molecular weight is 399 g/mol. The zero-order valence-corrected chi connectivity index (χ0v) is 15.1. The number of aromatic nitrogens is 1. The van der Waals surface area contributed by atoms with Crippen LogP contribution in [0.4, 0.5) is 22.0 Å². The van der Waals surface area contributed by atoms with E-state index in [9.17, 15) is 26.7 Å². The van der Waals surface area contributed by atoms with E-state index in [1.807, 2.05) is 4.90 Å². The second kappa shape index (κ2) is 6.30. The number of nitrogens with one attached hydrogen (secondary N) is 1. The highest BCUT2D eigenvalue weighted by Crippen LogP contribution is 2.48. The van der Waals surface area contributed by atoms with E-state index in [0.717, 1.165) is 0 Å². The van der Waals surface area contributed by atoms with Gasteiger partial charge in [-0.3, -0.25) is 14.3 Å². The van der Waals surface area contributed by atoms with Gasteiger partial charge in [-0.2, -0.15) is 22.0 Å². The van der Waals surface area contributed by atoms with Crippen molar-refractivity contribution < 1.29 is 26.7 Å². The van der Waals surface area contributed by atoms with Crippen molar-refractivity contribution in [3.8, 4) is 0 Å². The largest absolute Gasteiger partial charge is 0.431 e. The quantitative estimate of drug-likeness (QED) is 0.783. The van der Waals surface area contributed by atoms with Gasteiger partial charge in [-0.15, -0.1) is 0 Å². The van der Waals surface area contributed by atoms with Crippen LogP contribution in [0.15, 0.2) is 24.3 Å². The number of benzene rings is 1. The number of likely N-dealkylation sites (N-methyl/N-ethyl adjacent to an activating group) is 1. The van der Waals surface area contributed by atoms with Crippen LogP contribution in [0.1, 0.15) is 23.4 Å². The minimum absolute atomic E-state index is 0.0368. The van der Waals surface area contributed by atoms with Gasteiger partial charge in [0.2, 0.25) is 5.91 Å². The van der Waals surface area contributed by atoms with E-state index in [-0.39, 0.29) is 33.4 Å². The molecule has 1 aliphatic carbocycles. The van der Waals surface area contributed by atoms with E-state index >= 15 is 0 Å². The Bertz CT molecular complexity index is 992. The molecule has 150 valence electrons. The van der Waals surface area contributed by atoms with Crippen molar-refractivity contribution in [3.05, 3.63) is 41.1 Å². The molecule has 0 bridgehead atoms. The summed E-state index contributed by atoms with van der Waals surface area (Å²) in [6.45, 7) is -2.97. The molecule has 1 unspecified atom stereocenters. The van der Waals surface area contributed by atoms with Crippen LogP contribution >= 0.6 is 0 Å². The molecule has 0 saturated carbocycles. The third-order valence-electron chi connectivity index (χ3n) is 5.64. The predicted molar refractivity (Wildman–Crippen MR) is 93.8 cm³/mol. The summed E-state index contributed by atoms with van der Waals surface area (Å²) < 4.78 is 68.6. The molecule has 1 aliphatic heterocycles. The fraction of sp³-hybridized carbons (Fsp3) is 0.421. The first kappa shape index (κ1) is 18.9. The Morgan fingerprint density at radius 2 is 2.00 bits per heavy atom. The summed E-state index contributed by atoms with van der Waals surface area (Å²) in [5, 5.41) is 2.78. The van der Waals surface area contributed by atoms with Crippen molar-refractivity contribution in [2.45, 2.75) is 25.2 Å². The van der Waals surface area contributed by atoms with Crippen molar-refractivity contribution in [1.82, 2.24) is 14.8 Å². The second-order valence-electron chi connectivity index (χ2n) is 7.17. The highest BCUT2D eigenvalue weighted by molar-refractivity contribution is 6.00. The van der Waals surface area contributed by atoms with E-state index < -0.39 is 30.4 Å². The van der Waals surface area contributed by atoms with Gasteiger partial charge in [0.15, 0.2) is 0 Å². The fourth-order valence-electron chi connectivity index (χ4n) is 4.52. The van der Waals surface area contributed by atoms with Gasteiger partial charge in [0, 0.05) is 25.0 Å². The molecule has 0 spiro atoms. The normalized spacial score (nSPS) is 22.4. The summed E-state index contributed by atoms with van der Waals surface area (Å²) in [7, 11) is 3.25. The monoisotopic (exact) mass is 399 g/mol. The maximum absolute atomic E-state index is 13.7. The van der Waals surface area contributed by atoms with E-state index in [1.165, 1.54) is 19.2 Å². The molecule has 2 heterocycles. The van der Waals surface area contributed by atoms with Crippen LogP contribution in [0, 0.1) is 5.92 Å². The number of hydrogen-bond donors (Lipinski definition) is 1. The van der Waals surface area contributed by atoms with E-state index in [0.29, 0.717) is 17.7 Å². The first-order valence-electron chi connectivity index (χ1n) is 8.80. The number of hydrogen-bond acceptors (Lipinski definition) is 2. The summed E-state index contributed by atoms with van der Waals surface area (Å²) in [5.41, 5.74) is -0.342. The lowest BCUT2D eigenvalue weighted by molar-refractivity contribution is -0.148. The Labute approximate surface area is 157 Å². The summed E-state index contributed by atoms with van der Waals surface area (Å²) in [6, 6.07) is 3.99. The topological polar surface area (TPSA) is 37.3 Å². The first-order chi connectivity index (χ1) is 13.1. The van der Waals surface area contributed by atoms with Crippen LogP contribution < -0.4 is 5.32 Å². The number of halogens is 5. The van der Waals surface area contributed by atoms with Crippen molar-refractivity contribution in [3.63, 3.8) is 0 Å². The number of amides is 1. The lowest BCUT2D eigenvalue weighted by atomic mass is 9.79. The molecule has 0 fully saturated rings. The molecule has 1 aromatic heterocycles. The molecule has 28 heavy (non-hydrogen) atoms. The van der Waals surface area contributed by atoms with Gasteiger partial charge in [-0.1, -0.05) is 18.2 Å². The summed E-state index contributed by atoms with van der Waals surface area (Å²) in [4.78, 5) is 13.9. The van der Waals surface area contributed by atoms with Gasteiger partial charge in [-0.25, -0.2) is 0 Å². The molecule has 1 amide bonds. The SMILES string of the molecule is CNC(=O)C1C=C2c3cccc4c3c(c(C(F)(F)F)n4C(F)F)C[C@H]2N(C)C1. The van der Waals surface area contributed by atoms with Crippen molar-refractivity contribution >= 4 is 22.4 Å². The minimum Gasteiger partial charge on any atom is -0.359 e. The molecule has 4 nitrogen and oxygen atoms in total. The fourth-order valence-corrected chi connectivity index (χ4v) is 4.52. The van der Waals surface area contributed by atoms with E-state index in [4.69, 9.17) is 0 Å². The Hall–Kier alpha value is -2.42. The zero-order chi connectivity index (χ0) is 20.4. The molecule has 4 rings (SSSR count). The summed E-state index contributed by atoms with van der Waals surface area (Å²) >= 11 is 0. The molecule has 0 saturated heterocycles. The van der Waals surface area contributed by atoms with Gasteiger partial charge in [0.1, 0.15) is 5.69 Å². The lowest BCUT2D eigenvalue weighted by Crippen LogP contribution is -2.46. The van der Waals surface area contributed by atoms with Gasteiger partial charge < -0.3 is 5.32 Å². The second-order valence-corrected chi connectivity index (χ2v) is 7.17. The number of fused-ring (bicyclic) bond motifs is 2. The highest BCUT2D eigenvalue weighted by Gasteiger charge is 2.45. The van der Waals surface area contributed by atoms with Crippen LogP contribution in [-0.2, 0) is 17.4 Å². The van der Waals surface area contributed by atoms with Crippen molar-refractivity contribution in [2.24, 2.45) is 5.92 Å². The van der Waals surface area contributed by atoms with Crippen LogP contribution in [0.25, 0.3) is 16.5 Å². The highest BCUT2D eigenvalue weighted by atomic mass is 19.4. The van der Waals surface area contributed by atoms with Gasteiger partial charge >= 0.3 is 12.7 Å². The maximum atomic E-state index is 13.7. The Morgan fingerprint density at radius 1 is 1.29 bits per heavy atom. The molecule has 1 aromatic carbocycles. The minimum atomic E-state index is -4.90. The molecule has 2 atom stereocenters. The third kappa shape index (κ3) is 2.63. The van der Waals surface area contributed by atoms with E-state index in [2.05, 4.69) is 5.32 Å². The van der Waals surface area contributed by atoms with Crippen LogP contribution in [-0.4, -0.2) is 42.1 Å². The van der Waals surface area contributed by atoms with Gasteiger partial charge in [0.05, 0.1) is 11.4 Å². The first-order valence-corrected chi connectivity index (χ1v) is 8.80. The molecule has 0 radical (unpaired) electrons. The summed E-state index contributed by atoms with van der Waals surface area (Å²) in [5.74, 6) is -0.658. The Morgan fingerprint density at radius 3 is 2.61 bits per heavy atom. The van der Waals surface area contributed by atoms with E-state index in [1.54, 1.807) is 19.2 Å².